The SMILES string of the molecule is O[C@@H](c1ccc2ccc3ccc(Cl)cc3c2c1)C1CC1. The van der Waals surface area contributed by atoms with E-state index in [-0.39, 0.29) is 6.10 Å². The number of benzene rings is 3. The van der Waals surface area contributed by atoms with Gasteiger partial charge in [-0.1, -0.05) is 41.9 Å². The van der Waals surface area contributed by atoms with Gasteiger partial charge in [-0.15, -0.1) is 0 Å². The predicted molar refractivity (Wildman–Crippen MR) is 84.1 cm³/mol. The molecule has 1 N–H and O–H groups in total. The molecule has 0 amide bonds. The standard InChI is InChI=1S/C18H15ClO/c19-15-8-7-12-2-1-11-3-6-14(18(20)13-4-5-13)9-16(11)17(12)10-15/h1-3,6-10,13,18,20H,4-5H2/t18-/m1/s1. The molecule has 0 aliphatic heterocycles. The lowest BCUT2D eigenvalue weighted by Crippen LogP contribution is -1.99. The summed E-state index contributed by atoms with van der Waals surface area (Å²) in [6.45, 7) is 0. The summed E-state index contributed by atoms with van der Waals surface area (Å²) in [5.41, 5.74) is 1.02. The van der Waals surface area contributed by atoms with Crippen molar-refractivity contribution in [3.8, 4) is 0 Å². The highest BCUT2D eigenvalue weighted by Gasteiger charge is 2.30. The average Bonchev–Trinajstić information content (AvgIpc) is 3.30. The van der Waals surface area contributed by atoms with Crippen molar-refractivity contribution in [1.82, 2.24) is 0 Å². The van der Waals surface area contributed by atoms with Crippen LogP contribution in [0.3, 0.4) is 0 Å². The highest BCUT2D eigenvalue weighted by Crippen LogP contribution is 2.41. The Morgan fingerprint density at radius 1 is 0.900 bits per heavy atom. The third-order valence-corrected chi connectivity index (χ3v) is 4.47. The fourth-order valence-corrected chi connectivity index (χ4v) is 3.08. The largest absolute Gasteiger partial charge is 0.388 e. The summed E-state index contributed by atoms with van der Waals surface area (Å²) in [5.74, 6) is 0.450. The summed E-state index contributed by atoms with van der Waals surface area (Å²) < 4.78 is 0. The second kappa shape index (κ2) is 4.47. The lowest BCUT2D eigenvalue weighted by molar-refractivity contribution is 0.154. The maximum atomic E-state index is 10.3. The van der Waals surface area contributed by atoms with Crippen molar-refractivity contribution < 1.29 is 5.11 Å². The molecule has 0 radical (unpaired) electrons. The van der Waals surface area contributed by atoms with Gasteiger partial charge >= 0.3 is 0 Å². The van der Waals surface area contributed by atoms with Crippen LogP contribution in [0.15, 0.2) is 48.5 Å². The molecule has 0 unspecified atom stereocenters. The quantitative estimate of drug-likeness (QED) is 0.649. The van der Waals surface area contributed by atoms with Crippen molar-refractivity contribution in [2.45, 2.75) is 18.9 Å². The van der Waals surface area contributed by atoms with Gasteiger partial charge in [-0.2, -0.15) is 0 Å². The Hall–Kier alpha value is -1.57. The van der Waals surface area contributed by atoms with Crippen LogP contribution in [0.1, 0.15) is 24.5 Å². The zero-order valence-corrected chi connectivity index (χ0v) is 11.8. The minimum atomic E-state index is -0.325. The highest BCUT2D eigenvalue weighted by atomic mass is 35.5. The number of fused-ring (bicyclic) bond motifs is 3. The van der Waals surface area contributed by atoms with E-state index < -0.39 is 0 Å². The molecule has 1 aliphatic carbocycles. The first-order valence-corrected chi connectivity index (χ1v) is 7.40. The van der Waals surface area contributed by atoms with Crippen LogP contribution in [-0.4, -0.2) is 5.11 Å². The molecule has 0 saturated heterocycles. The van der Waals surface area contributed by atoms with E-state index in [2.05, 4.69) is 24.3 Å². The number of aliphatic hydroxyl groups is 1. The van der Waals surface area contributed by atoms with Crippen molar-refractivity contribution in [3.63, 3.8) is 0 Å². The summed E-state index contributed by atoms with van der Waals surface area (Å²) >= 11 is 6.13. The number of hydrogen-bond donors (Lipinski definition) is 1. The van der Waals surface area contributed by atoms with Gasteiger partial charge in [0.25, 0.3) is 0 Å². The zero-order valence-electron chi connectivity index (χ0n) is 11.0. The molecule has 0 aromatic heterocycles. The molecule has 3 aromatic carbocycles. The molecule has 1 fully saturated rings. The van der Waals surface area contributed by atoms with Crippen LogP contribution in [0.25, 0.3) is 21.5 Å². The molecular weight excluding hydrogens is 268 g/mol. The van der Waals surface area contributed by atoms with E-state index >= 15 is 0 Å². The molecule has 0 spiro atoms. The summed E-state index contributed by atoms with van der Waals surface area (Å²) in [4.78, 5) is 0. The predicted octanol–water partition coefficient (Wildman–Crippen LogP) is 5.09. The van der Waals surface area contributed by atoms with E-state index in [1.807, 2.05) is 24.3 Å². The molecule has 1 atom stereocenters. The van der Waals surface area contributed by atoms with Gasteiger partial charge < -0.3 is 5.11 Å². The smallest absolute Gasteiger partial charge is 0.0818 e. The molecule has 1 nitrogen and oxygen atoms in total. The van der Waals surface area contributed by atoms with E-state index in [9.17, 15) is 5.11 Å². The normalized spacial score (nSPS) is 16.7. The molecule has 0 bridgehead atoms. The van der Waals surface area contributed by atoms with Gasteiger partial charge in [0.2, 0.25) is 0 Å². The summed E-state index contributed by atoms with van der Waals surface area (Å²) in [6, 6.07) is 16.5. The van der Waals surface area contributed by atoms with Crippen molar-refractivity contribution >= 4 is 33.1 Å². The van der Waals surface area contributed by atoms with Gasteiger partial charge in [-0.3, -0.25) is 0 Å². The van der Waals surface area contributed by atoms with Crippen LogP contribution >= 0.6 is 11.6 Å². The third kappa shape index (κ3) is 1.98. The highest BCUT2D eigenvalue weighted by molar-refractivity contribution is 6.31. The van der Waals surface area contributed by atoms with Gasteiger partial charge in [-0.25, -0.2) is 0 Å². The van der Waals surface area contributed by atoms with Crippen molar-refractivity contribution in [2.24, 2.45) is 5.92 Å². The lowest BCUT2D eigenvalue weighted by Gasteiger charge is -2.12. The van der Waals surface area contributed by atoms with E-state index in [0.717, 1.165) is 28.8 Å². The van der Waals surface area contributed by atoms with Gasteiger partial charge in [-0.05, 0) is 64.1 Å². The molecule has 100 valence electrons. The number of aliphatic hydroxyl groups excluding tert-OH is 1. The molecule has 2 heteroatoms. The zero-order chi connectivity index (χ0) is 13.7. The monoisotopic (exact) mass is 282 g/mol. The van der Waals surface area contributed by atoms with E-state index in [4.69, 9.17) is 11.6 Å². The minimum absolute atomic E-state index is 0.325. The minimum Gasteiger partial charge on any atom is -0.388 e. The number of halogens is 1. The number of hydrogen-bond acceptors (Lipinski definition) is 1. The Labute approximate surface area is 122 Å². The Balaban J connectivity index is 1.98. The van der Waals surface area contributed by atoms with Crippen LogP contribution in [0, 0.1) is 5.92 Å². The molecule has 20 heavy (non-hydrogen) atoms. The molecule has 3 aromatic rings. The Kier molecular flexibility index (Phi) is 2.73. The van der Waals surface area contributed by atoms with Crippen molar-refractivity contribution in [1.29, 1.82) is 0 Å². The van der Waals surface area contributed by atoms with Crippen LogP contribution in [0.2, 0.25) is 5.02 Å². The Morgan fingerprint density at radius 2 is 1.50 bits per heavy atom. The first-order valence-electron chi connectivity index (χ1n) is 7.02. The maximum Gasteiger partial charge on any atom is 0.0818 e. The summed E-state index contributed by atoms with van der Waals surface area (Å²) in [5, 5.41) is 15.8. The van der Waals surface area contributed by atoms with Gasteiger partial charge in [0, 0.05) is 5.02 Å². The van der Waals surface area contributed by atoms with Gasteiger partial charge in [0.05, 0.1) is 6.10 Å². The van der Waals surface area contributed by atoms with Gasteiger partial charge in [0.1, 0.15) is 0 Å². The van der Waals surface area contributed by atoms with E-state index in [0.29, 0.717) is 5.92 Å². The van der Waals surface area contributed by atoms with Crippen LogP contribution in [0.4, 0.5) is 0 Å². The van der Waals surface area contributed by atoms with Crippen LogP contribution < -0.4 is 0 Å². The van der Waals surface area contributed by atoms with Crippen molar-refractivity contribution in [3.05, 3.63) is 59.1 Å². The second-order valence-electron chi connectivity index (χ2n) is 5.69. The number of rotatable bonds is 2. The Bertz CT molecular complexity index is 805. The molecule has 1 aliphatic rings. The summed E-state index contributed by atoms with van der Waals surface area (Å²) in [7, 11) is 0. The van der Waals surface area contributed by atoms with Gasteiger partial charge in [0.15, 0.2) is 0 Å². The average molecular weight is 283 g/mol. The Morgan fingerprint density at radius 3 is 2.20 bits per heavy atom. The maximum absolute atomic E-state index is 10.3. The fraction of sp³-hybridized carbons (Fsp3) is 0.222. The fourth-order valence-electron chi connectivity index (χ4n) is 2.91. The third-order valence-electron chi connectivity index (χ3n) is 4.24. The second-order valence-corrected chi connectivity index (χ2v) is 6.13. The van der Waals surface area contributed by atoms with Crippen molar-refractivity contribution in [2.75, 3.05) is 0 Å². The van der Waals surface area contributed by atoms with Crippen LogP contribution in [-0.2, 0) is 0 Å². The molecule has 0 heterocycles. The molecule has 4 rings (SSSR count). The molecular formula is C18H15ClO. The van der Waals surface area contributed by atoms with E-state index in [1.54, 1.807) is 0 Å². The lowest BCUT2D eigenvalue weighted by atomic mass is 9.97. The molecule has 1 saturated carbocycles. The van der Waals surface area contributed by atoms with E-state index in [1.165, 1.54) is 16.2 Å². The first kappa shape index (κ1) is 12.2. The summed E-state index contributed by atoms with van der Waals surface area (Å²) in [6.07, 6.45) is 1.95. The topological polar surface area (TPSA) is 20.2 Å². The first-order chi connectivity index (χ1) is 9.72. The van der Waals surface area contributed by atoms with Crippen LogP contribution in [0.5, 0.6) is 0 Å².